The highest BCUT2D eigenvalue weighted by Gasteiger charge is 2.25. The van der Waals surface area contributed by atoms with Gasteiger partial charge in [-0.25, -0.2) is 0 Å². The molecule has 68 valence electrons. The first-order valence-electron chi connectivity index (χ1n) is 4.91. The van der Waals surface area contributed by atoms with Crippen molar-refractivity contribution in [3.8, 4) is 12.3 Å². The van der Waals surface area contributed by atoms with Crippen molar-refractivity contribution in [3.63, 3.8) is 0 Å². The summed E-state index contributed by atoms with van der Waals surface area (Å²) >= 11 is 0. The van der Waals surface area contributed by atoms with Crippen molar-refractivity contribution in [1.29, 1.82) is 0 Å². The molecule has 1 nitrogen and oxygen atoms in total. The summed E-state index contributed by atoms with van der Waals surface area (Å²) < 4.78 is 5.82. The normalized spacial score (nSPS) is 35.9. The predicted molar refractivity (Wildman–Crippen MR) is 50.8 cm³/mol. The first-order chi connectivity index (χ1) is 5.80. The van der Waals surface area contributed by atoms with Gasteiger partial charge in [-0.05, 0) is 25.7 Å². The zero-order valence-corrected chi connectivity index (χ0v) is 8.05. The van der Waals surface area contributed by atoms with E-state index in [0.717, 1.165) is 25.7 Å². The Hall–Kier alpha value is -0.480. The van der Waals surface area contributed by atoms with Crippen LogP contribution in [0.4, 0.5) is 0 Å². The highest BCUT2D eigenvalue weighted by atomic mass is 16.5. The van der Waals surface area contributed by atoms with Crippen molar-refractivity contribution >= 4 is 0 Å². The minimum atomic E-state index is 0.407. The van der Waals surface area contributed by atoms with Crippen LogP contribution >= 0.6 is 0 Å². The van der Waals surface area contributed by atoms with E-state index in [9.17, 15) is 0 Å². The number of rotatable bonds is 2. The van der Waals surface area contributed by atoms with Crippen LogP contribution in [0, 0.1) is 18.3 Å². The van der Waals surface area contributed by atoms with Gasteiger partial charge < -0.3 is 4.74 Å². The van der Waals surface area contributed by atoms with Gasteiger partial charge in [-0.3, -0.25) is 0 Å². The summed E-state index contributed by atoms with van der Waals surface area (Å²) in [5.74, 6) is 3.30. The van der Waals surface area contributed by atoms with Crippen LogP contribution in [0.2, 0.25) is 0 Å². The summed E-state index contributed by atoms with van der Waals surface area (Å²) in [5, 5.41) is 0. The van der Waals surface area contributed by atoms with E-state index in [-0.39, 0.29) is 0 Å². The summed E-state index contributed by atoms with van der Waals surface area (Å²) in [4.78, 5) is 0. The van der Waals surface area contributed by atoms with E-state index < -0.39 is 0 Å². The largest absolute Gasteiger partial charge is 0.375 e. The first-order valence-corrected chi connectivity index (χ1v) is 4.91. The fourth-order valence-corrected chi connectivity index (χ4v) is 1.78. The van der Waals surface area contributed by atoms with Crippen molar-refractivity contribution in [2.75, 3.05) is 0 Å². The summed E-state index contributed by atoms with van der Waals surface area (Å²) in [6.45, 7) is 4.33. The molecule has 0 radical (unpaired) electrons. The molecule has 1 aliphatic rings. The Labute approximate surface area is 75.5 Å². The fraction of sp³-hybridized carbons (Fsp3) is 0.818. The van der Waals surface area contributed by atoms with Gasteiger partial charge in [-0.1, -0.05) is 13.8 Å². The van der Waals surface area contributed by atoms with E-state index in [1.165, 1.54) is 0 Å². The Balaban J connectivity index is 2.47. The standard InChI is InChI=1S/C11H18O/c1-4-9-7-10(5-2)12-11(6-3)8-9/h1,9-11H,5-8H2,2-3H3. The Bertz CT molecular complexity index is 156. The van der Waals surface area contributed by atoms with Crippen LogP contribution in [-0.4, -0.2) is 12.2 Å². The van der Waals surface area contributed by atoms with E-state index in [1.807, 2.05) is 0 Å². The zero-order valence-electron chi connectivity index (χ0n) is 8.05. The van der Waals surface area contributed by atoms with Crippen molar-refractivity contribution < 1.29 is 4.74 Å². The average molecular weight is 166 g/mol. The molecule has 1 aliphatic heterocycles. The molecule has 0 saturated carbocycles. The molecule has 0 N–H and O–H groups in total. The third-order valence-electron chi connectivity index (χ3n) is 2.63. The molecular formula is C11H18O. The number of ether oxygens (including phenoxy) is 1. The maximum Gasteiger partial charge on any atom is 0.0588 e. The van der Waals surface area contributed by atoms with Gasteiger partial charge >= 0.3 is 0 Å². The topological polar surface area (TPSA) is 9.23 Å². The average Bonchev–Trinajstić information content (AvgIpc) is 2.16. The summed E-state index contributed by atoms with van der Waals surface area (Å²) in [5.41, 5.74) is 0. The van der Waals surface area contributed by atoms with Crippen molar-refractivity contribution in [1.82, 2.24) is 0 Å². The van der Waals surface area contributed by atoms with Crippen molar-refractivity contribution in [2.45, 2.75) is 51.7 Å². The lowest BCUT2D eigenvalue weighted by Gasteiger charge is -2.32. The number of hydrogen-bond donors (Lipinski definition) is 0. The minimum absolute atomic E-state index is 0.407. The second-order valence-electron chi connectivity index (χ2n) is 3.53. The third kappa shape index (κ3) is 2.25. The third-order valence-corrected chi connectivity index (χ3v) is 2.63. The summed E-state index contributed by atoms with van der Waals surface area (Å²) in [6, 6.07) is 0. The summed E-state index contributed by atoms with van der Waals surface area (Å²) in [7, 11) is 0. The predicted octanol–water partition coefficient (Wildman–Crippen LogP) is 2.60. The molecule has 12 heavy (non-hydrogen) atoms. The van der Waals surface area contributed by atoms with Gasteiger partial charge in [-0.2, -0.15) is 0 Å². The molecule has 2 atom stereocenters. The van der Waals surface area contributed by atoms with Gasteiger partial charge in [0.05, 0.1) is 12.2 Å². The molecule has 2 unspecified atom stereocenters. The molecule has 0 spiro atoms. The van der Waals surface area contributed by atoms with Crippen LogP contribution in [0.1, 0.15) is 39.5 Å². The van der Waals surface area contributed by atoms with E-state index in [1.54, 1.807) is 0 Å². The number of terminal acetylenes is 1. The lowest BCUT2D eigenvalue weighted by atomic mass is 9.90. The second-order valence-corrected chi connectivity index (χ2v) is 3.53. The smallest absolute Gasteiger partial charge is 0.0588 e. The lowest BCUT2D eigenvalue weighted by molar-refractivity contribution is -0.0636. The zero-order chi connectivity index (χ0) is 8.97. The maximum atomic E-state index is 5.82. The van der Waals surface area contributed by atoms with Crippen molar-refractivity contribution in [2.24, 2.45) is 5.92 Å². The summed E-state index contributed by atoms with van der Waals surface area (Å²) in [6.07, 6.45) is 10.5. The second kappa shape index (κ2) is 4.52. The SMILES string of the molecule is C#CC1CC(CC)OC(CC)C1. The molecular weight excluding hydrogens is 148 g/mol. The Morgan fingerprint density at radius 3 is 2.08 bits per heavy atom. The van der Waals surface area contributed by atoms with Crippen molar-refractivity contribution in [3.05, 3.63) is 0 Å². The lowest BCUT2D eigenvalue weighted by Crippen LogP contribution is -2.31. The Kier molecular flexibility index (Phi) is 3.62. The van der Waals surface area contributed by atoms with Gasteiger partial charge in [-0.15, -0.1) is 12.3 Å². The quantitative estimate of drug-likeness (QED) is 0.573. The Morgan fingerprint density at radius 2 is 1.75 bits per heavy atom. The fourth-order valence-electron chi connectivity index (χ4n) is 1.78. The van der Waals surface area contributed by atoms with E-state index >= 15 is 0 Å². The van der Waals surface area contributed by atoms with E-state index in [0.29, 0.717) is 18.1 Å². The molecule has 0 aromatic heterocycles. The van der Waals surface area contributed by atoms with Crippen LogP contribution in [0.3, 0.4) is 0 Å². The molecule has 0 bridgehead atoms. The molecule has 0 aliphatic carbocycles. The van der Waals surface area contributed by atoms with Crippen LogP contribution in [-0.2, 0) is 4.74 Å². The minimum Gasteiger partial charge on any atom is -0.375 e. The van der Waals surface area contributed by atoms with Gasteiger partial charge in [0.25, 0.3) is 0 Å². The molecule has 0 amide bonds. The van der Waals surface area contributed by atoms with Gasteiger partial charge in [0.2, 0.25) is 0 Å². The van der Waals surface area contributed by atoms with Crippen LogP contribution in [0.5, 0.6) is 0 Å². The molecule has 0 aromatic rings. The number of hydrogen-bond acceptors (Lipinski definition) is 1. The van der Waals surface area contributed by atoms with Gasteiger partial charge in [0, 0.05) is 5.92 Å². The van der Waals surface area contributed by atoms with Gasteiger partial charge in [0.15, 0.2) is 0 Å². The van der Waals surface area contributed by atoms with Crippen LogP contribution in [0.15, 0.2) is 0 Å². The molecule has 1 saturated heterocycles. The highest BCUT2D eigenvalue weighted by Crippen LogP contribution is 2.27. The molecule has 1 heterocycles. The monoisotopic (exact) mass is 166 g/mol. The van der Waals surface area contributed by atoms with Gasteiger partial charge in [0.1, 0.15) is 0 Å². The maximum absolute atomic E-state index is 5.82. The van der Waals surface area contributed by atoms with E-state index in [4.69, 9.17) is 11.2 Å². The molecule has 1 fully saturated rings. The molecule has 1 rings (SSSR count). The molecule has 0 aromatic carbocycles. The molecule has 1 heteroatoms. The van der Waals surface area contributed by atoms with Crippen LogP contribution < -0.4 is 0 Å². The van der Waals surface area contributed by atoms with Crippen LogP contribution in [0.25, 0.3) is 0 Å². The highest BCUT2D eigenvalue weighted by molar-refractivity contribution is 4.97. The Morgan fingerprint density at radius 1 is 1.25 bits per heavy atom. The van der Waals surface area contributed by atoms with E-state index in [2.05, 4.69) is 19.8 Å². The first kappa shape index (κ1) is 9.61.